The van der Waals surface area contributed by atoms with Gasteiger partial charge in [-0.3, -0.25) is 9.36 Å². The van der Waals surface area contributed by atoms with Gasteiger partial charge in [-0.15, -0.1) is 0 Å². The molecule has 0 aliphatic heterocycles. The average Bonchev–Trinajstić information content (AvgIpc) is 3.39. The van der Waals surface area contributed by atoms with Crippen LogP contribution in [0, 0.1) is 0 Å². The van der Waals surface area contributed by atoms with Crippen molar-refractivity contribution in [1.29, 1.82) is 0 Å². The third-order valence-corrected chi connectivity index (χ3v) is 14.7. The first kappa shape index (κ1) is 74.2. The number of hydrogen-bond donors (Lipinski definition) is 2. The summed E-state index contributed by atoms with van der Waals surface area (Å²) in [6.45, 7) is 4.60. The van der Waals surface area contributed by atoms with E-state index >= 15 is 0 Å². The van der Waals surface area contributed by atoms with E-state index in [0.717, 1.165) is 103 Å². The SMILES string of the molecule is CC/C=C\C/C=C\C/C=C\C/C=C\C/C=C\C/C=C\C/C=C\C/C=C\C/C=C\CCCCCC(=O)NC(COP(=O)([O-])OCC[N+](C)(C)C)C(O)CCCCCCCCCCCCCCCCCCCCCCCCCC. The number of likely N-dealkylation sites (N-methyl/N-ethyl adjacent to an activating group) is 1. The predicted molar refractivity (Wildman–Crippen MR) is 334 cm³/mol. The van der Waals surface area contributed by atoms with E-state index in [9.17, 15) is 19.4 Å². The van der Waals surface area contributed by atoms with Crippen molar-refractivity contribution in [3.05, 3.63) is 109 Å². The van der Waals surface area contributed by atoms with E-state index in [0.29, 0.717) is 23.9 Å². The lowest BCUT2D eigenvalue weighted by Gasteiger charge is -2.30. The van der Waals surface area contributed by atoms with Gasteiger partial charge in [0, 0.05) is 6.42 Å². The number of phosphoric acid groups is 1. The number of carbonyl (C=O) groups is 1. The van der Waals surface area contributed by atoms with Crippen LogP contribution in [0.4, 0.5) is 0 Å². The molecule has 0 saturated carbocycles. The summed E-state index contributed by atoms with van der Waals surface area (Å²) in [6.07, 6.45) is 84.2. The maximum absolute atomic E-state index is 13.0. The van der Waals surface area contributed by atoms with Crippen LogP contribution in [-0.2, 0) is 18.4 Å². The highest BCUT2D eigenvalue weighted by Gasteiger charge is 2.24. The highest BCUT2D eigenvalue weighted by atomic mass is 31.2. The molecular weight excluding hydrogens is 972 g/mol. The molecular formula is C68H121N2O6P. The third kappa shape index (κ3) is 60.6. The lowest BCUT2D eigenvalue weighted by atomic mass is 10.0. The van der Waals surface area contributed by atoms with Crippen molar-refractivity contribution < 1.29 is 32.9 Å². The van der Waals surface area contributed by atoms with Crippen LogP contribution in [-0.4, -0.2) is 68.5 Å². The van der Waals surface area contributed by atoms with Crippen LogP contribution in [0.2, 0.25) is 0 Å². The molecule has 0 bridgehead atoms. The first-order chi connectivity index (χ1) is 37.5. The van der Waals surface area contributed by atoms with Crippen molar-refractivity contribution in [2.75, 3.05) is 40.9 Å². The highest BCUT2D eigenvalue weighted by molar-refractivity contribution is 7.45. The summed E-state index contributed by atoms with van der Waals surface area (Å²) in [7, 11) is 1.27. The van der Waals surface area contributed by atoms with Gasteiger partial charge in [0.25, 0.3) is 7.82 Å². The number of unbranched alkanes of at least 4 members (excludes halogenated alkanes) is 26. The number of phosphoric ester groups is 1. The largest absolute Gasteiger partial charge is 0.756 e. The number of aliphatic hydroxyl groups excluding tert-OH is 1. The maximum Gasteiger partial charge on any atom is 0.268 e. The molecule has 8 nitrogen and oxygen atoms in total. The molecule has 1 amide bonds. The molecule has 9 heteroatoms. The van der Waals surface area contributed by atoms with E-state index in [-0.39, 0.29) is 19.1 Å². The summed E-state index contributed by atoms with van der Waals surface area (Å²) in [4.78, 5) is 25.6. The fourth-order valence-electron chi connectivity index (χ4n) is 8.86. The first-order valence-electron chi connectivity index (χ1n) is 31.7. The van der Waals surface area contributed by atoms with Gasteiger partial charge >= 0.3 is 0 Å². The molecule has 0 rings (SSSR count). The van der Waals surface area contributed by atoms with Crippen molar-refractivity contribution in [3.63, 3.8) is 0 Å². The third-order valence-electron chi connectivity index (χ3n) is 13.8. The van der Waals surface area contributed by atoms with E-state index in [2.05, 4.69) is 129 Å². The molecule has 0 aromatic heterocycles. The van der Waals surface area contributed by atoms with E-state index in [1.165, 1.54) is 135 Å². The van der Waals surface area contributed by atoms with Crippen molar-refractivity contribution in [2.45, 2.75) is 276 Å². The second kappa shape index (κ2) is 57.8. The zero-order valence-electron chi connectivity index (χ0n) is 50.6. The van der Waals surface area contributed by atoms with Gasteiger partial charge in [0.1, 0.15) is 13.2 Å². The van der Waals surface area contributed by atoms with Crippen molar-refractivity contribution >= 4 is 13.7 Å². The predicted octanol–water partition coefficient (Wildman–Crippen LogP) is 19.3. The van der Waals surface area contributed by atoms with Gasteiger partial charge < -0.3 is 28.8 Å². The van der Waals surface area contributed by atoms with Crippen LogP contribution < -0.4 is 10.2 Å². The summed E-state index contributed by atoms with van der Waals surface area (Å²) in [5.74, 6) is -0.198. The second-order valence-corrected chi connectivity index (χ2v) is 23.8. The smallest absolute Gasteiger partial charge is 0.268 e. The van der Waals surface area contributed by atoms with Gasteiger partial charge in [0.2, 0.25) is 5.91 Å². The molecule has 0 aliphatic rings. The van der Waals surface area contributed by atoms with Crippen LogP contribution in [0.25, 0.3) is 0 Å². The normalized spacial score (nSPS) is 14.5. The number of amides is 1. The Labute approximate surface area is 476 Å². The fraction of sp³-hybridized carbons (Fsp3) is 0.721. The average molecular weight is 1090 g/mol. The van der Waals surface area contributed by atoms with E-state index in [1.54, 1.807) is 0 Å². The molecule has 3 unspecified atom stereocenters. The molecule has 0 aromatic carbocycles. The molecule has 0 aromatic rings. The highest BCUT2D eigenvalue weighted by Crippen LogP contribution is 2.38. The Morgan fingerprint density at radius 1 is 0.468 bits per heavy atom. The monoisotopic (exact) mass is 1090 g/mol. The molecule has 444 valence electrons. The number of nitrogens with zero attached hydrogens (tertiary/aromatic N) is 1. The number of allylic oxidation sites excluding steroid dienone is 18. The molecule has 77 heavy (non-hydrogen) atoms. The summed E-state index contributed by atoms with van der Waals surface area (Å²) < 4.78 is 23.5. The summed E-state index contributed by atoms with van der Waals surface area (Å²) in [5, 5.41) is 14.0. The molecule has 3 atom stereocenters. The second-order valence-electron chi connectivity index (χ2n) is 22.4. The minimum atomic E-state index is -4.60. The van der Waals surface area contributed by atoms with Gasteiger partial charge in [0.15, 0.2) is 0 Å². The lowest BCUT2D eigenvalue weighted by Crippen LogP contribution is -2.46. The number of carbonyl (C=O) groups excluding carboxylic acids is 1. The Kier molecular flexibility index (Phi) is 55.7. The van der Waals surface area contributed by atoms with Gasteiger partial charge in [-0.1, -0.05) is 284 Å². The Morgan fingerprint density at radius 3 is 1.14 bits per heavy atom. The van der Waals surface area contributed by atoms with Crippen molar-refractivity contribution in [2.24, 2.45) is 0 Å². The van der Waals surface area contributed by atoms with E-state index < -0.39 is 20.0 Å². The van der Waals surface area contributed by atoms with Gasteiger partial charge in [-0.25, -0.2) is 0 Å². The Balaban J connectivity index is 4.24. The van der Waals surface area contributed by atoms with Crippen LogP contribution in [0.3, 0.4) is 0 Å². The topological polar surface area (TPSA) is 108 Å². The minimum absolute atomic E-state index is 0.000277. The fourth-order valence-corrected chi connectivity index (χ4v) is 9.58. The first-order valence-corrected chi connectivity index (χ1v) is 33.2. The zero-order chi connectivity index (χ0) is 56.3. The van der Waals surface area contributed by atoms with E-state index in [4.69, 9.17) is 9.05 Å². The number of hydrogen-bond acceptors (Lipinski definition) is 6. The molecule has 0 fully saturated rings. The minimum Gasteiger partial charge on any atom is -0.756 e. The molecule has 0 radical (unpaired) electrons. The summed E-state index contributed by atoms with van der Waals surface area (Å²) in [5.41, 5.74) is 0. The molecule has 0 aliphatic carbocycles. The maximum atomic E-state index is 13.0. The van der Waals surface area contributed by atoms with Gasteiger partial charge in [-0.05, 0) is 83.5 Å². The van der Waals surface area contributed by atoms with Crippen molar-refractivity contribution in [1.82, 2.24) is 5.32 Å². The lowest BCUT2D eigenvalue weighted by molar-refractivity contribution is -0.870. The number of nitrogens with one attached hydrogen (secondary N) is 1. The zero-order valence-corrected chi connectivity index (χ0v) is 51.5. The Bertz CT molecular complexity index is 1620. The quantitative estimate of drug-likeness (QED) is 0.0272. The van der Waals surface area contributed by atoms with Crippen LogP contribution in [0.15, 0.2) is 109 Å². The van der Waals surface area contributed by atoms with Crippen LogP contribution in [0.5, 0.6) is 0 Å². The van der Waals surface area contributed by atoms with Gasteiger partial charge in [-0.2, -0.15) is 0 Å². The van der Waals surface area contributed by atoms with Gasteiger partial charge in [0.05, 0.1) is 39.9 Å². The Morgan fingerprint density at radius 2 is 0.792 bits per heavy atom. The van der Waals surface area contributed by atoms with Crippen molar-refractivity contribution in [3.8, 4) is 0 Å². The standard InChI is InChI=1S/C68H121N2O6P/c1-6-8-10-12-14-16-18-20-22-24-26-28-30-32-33-34-35-36-37-38-40-42-44-46-48-50-52-54-56-58-60-62-68(72)69-66(65-76-77(73,74)75-64-63-70(3,4)5)67(71)61-59-57-55-53-51-49-47-45-43-41-39-31-29-27-25-23-21-19-17-15-13-11-9-7-2/h8,10,14,16,20,22,26,28,32-33,35-36,38,40,44,46,50,52,66-67,71H,6-7,9,11-13,15,17-19,21,23-25,27,29-31,34,37,39,41-43,45,47-49,51,53-65H2,1-5H3,(H-,69,72,73,74)/b10-8-,16-14-,22-20-,28-26-,33-32-,36-35-,40-38-,46-44-,52-50-. The molecule has 0 saturated heterocycles. The number of rotatable bonds is 57. The van der Waals surface area contributed by atoms with Crippen LogP contribution >= 0.6 is 7.82 Å². The van der Waals surface area contributed by atoms with E-state index in [1.807, 2.05) is 21.1 Å². The summed E-state index contributed by atoms with van der Waals surface area (Å²) in [6, 6.07) is -0.828. The van der Waals surface area contributed by atoms with Crippen LogP contribution in [0.1, 0.15) is 264 Å². The molecule has 0 heterocycles. The number of quaternary nitrogens is 1. The number of aliphatic hydroxyl groups is 1. The summed E-state index contributed by atoms with van der Waals surface area (Å²) >= 11 is 0. The molecule has 2 N–H and O–H groups in total. The Hall–Kier alpha value is -2.84. The molecule has 0 spiro atoms.